The molecule has 1 N–H and O–H groups in total. The molecule has 0 saturated heterocycles. The molecule has 2 heteroatoms. The molecule has 0 saturated carbocycles. The Labute approximate surface area is 95.8 Å². The van der Waals surface area contributed by atoms with E-state index in [4.69, 9.17) is 4.74 Å². The summed E-state index contributed by atoms with van der Waals surface area (Å²) in [4.78, 5) is 0. The van der Waals surface area contributed by atoms with Gasteiger partial charge in [-0.05, 0) is 32.2 Å². The second-order valence-corrected chi connectivity index (χ2v) is 4.77. The highest BCUT2D eigenvalue weighted by Crippen LogP contribution is 2.06. The topological polar surface area (TPSA) is 21.3 Å². The maximum atomic E-state index is 5.70. The number of nitrogens with one attached hydrogen (secondary N) is 1. The molecular formula is C13H29NO. The van der Waals surface area contributed by atoms with Crippen LogP contribution in [0.4, 0.5) is 0 Å². The van der Waals surface area contributed by atoms with Crippen molar-refractivity contribution in [3.8, 4) is 0 Å². The van der Waals surface area contributed by atoms with Crippen LogP contribution in [0.25, 0.3) is 0 Å². The standard InChI is InChI=1S/C13H29NO/c1-5-6-7-8-14-9-10-15-13(4)11-12(2)3/h12-14H,5-11H2,1-4H3. The molecular weight excluding hydrogens is 186 g/mol. The van der Waals surface area contributed by atoms with Crippen molar-refractivity contribution in [2.75, 3.05) is 19.7 Å². The van der Waals surface area contributed by atoms with Crippen molar-refractivity contribution >= 4 is 0 Å². The van der Waals surface area contributed by atoms with E-state index in [1.165, 1.54) is 19.3 Å². The van der Waals surface area contributed by atoms with Gasteiger partial charge in [-0.1, -0.05) is 33.6 Å². The van der Waals surface area contributed by atoms with Gasteiger partial charge in [-0.25, -0.2) is 0 Å². The second-order valence-electron chi connectivity index (χ2n) is 4.77. The zero-order valence-corrected chi connectivity index (χ0v) is 11.0. The maximum absolute atomic E-state index is 5.70. The van der Waals surface area contributed by atoms with Crippen LogP contribution in [0.5, 0.6) is 0 Å². The molecule has 2 nitrogen and oxygen atoms in total. The number of hydrogen-bond acceptors (Lipinski definition) is 2. The van der Waals surface area contributed by atoms with Crippen LogP contribution in [0, 0.1) is 5.92 Å². The summed E-state index contributed by atoms with van der Waals surface area (Å²) in [5.74, 6) is 0.734. The molecule has 0 rings (SSSR count). The van der Waals surface area contributed by atoms with Crippen molar-refractivity contribution in [2.24, 2.45) is 5.92 Å². The summed E-state index contributed by atoms with van der Waals surface area (Å²) in [5, 5.41) is 3.40. The van der Waals surface area contributed by atoms with Gasteiger partial charge in [0.2, 0.25) is 0 Å². The number of unbranched alkanes of at least 4 members (excludes halogenated alkanes) is 2. The van der Waals surface area contributed by atoms with Gasteiger partial charge in [0.05, 0.1) is 12.7 Å². The third kappa shape index (κ3) is 11.8. The average molecular weight is 215 g/mol. The molecule has 0 aliphatic carbocycles. The monoisotopic (exact) mass is 215 g/mol. The van der Waals surface area contributed by atoms with Crippen LogP contribution in [0.2, 0.25) is 0 Å². The first-order valence-corrected chi connectivity index (χ1v) is 6.49. The molecule has 0 fully saturated rings. The summed E-state index contributed by atoms with van der Waals surface area (Å²) in [7, 11) is 0. The van der Waals surface area contributed by atoms with Gasteiger partial charge >= 0.3 is 0 Å². The highest BCUT2D eigenvalue weighted by molar-refractivity contribution is 4.55. The first kappa shape index (κ1) is 14.9. The van der Waals surface area contributed by atoms with E-state index in [0.717, 1.165) is 32.0 Å². The summed E-state index contributed by atoms with van der Waals surface area (Å²) in [6.07, 6.45) is 5.48. The third-order valence-corrected chi connectivity index (χ3v) is 2.44. The van der Waals surface area contributed by atoms with Crippen LogP contribution in [0.1, 0.15) is 53.4 Å². The van der Waals surface area contributed by atoms with Crippen LogP contribution in [-0.4, -0.2) is 25.8 Å². The summed E-state index contributed by atoms with van der Waals surface area (Å²) in [6, 6.07) is 0. The van der Waals surface area contributed by atoms with E-state index in [9.17, 15) is 0 Å². The molecule has 0 spiro atoms. The quantitative estimate of drug-likeness (QED) is 0.565. The van der Waals surface area contributed by atoms with Crippen molar-refractivity contribution in [1.82, 2.24) is 5.32 Å². The molecule has 92 valence electrons. The second kappa shape index (κ2) is 10.4. The average Bonchev–Trinajstić information content (AvgIpc) is 2.15. The van der Waals surface area contributed by atoms with Gasteiger partial charge in [-0.15, -0.1) is 0 Å². The smallest absolute Gasteiger partial charge is 0.0594 e. The Morgan fingerprint density at radius 3 is 2.40 bits per heavy atom. The summed E-state index contributed by atoms with van der Waals surface area (Å²) in [5.41, 5.74) is 0. The molecule has 0 bridgehead atoms. The Kier molecular flexibility index (Phi) is 10.4. The fourth-order valence-corrected chi connectivity index (χ4v) is 1.69. The molecule has 0 aromatic rings. The number of hydrogen-bond donors (Lipinski definition) is 1. The molecule has 0 amide bonds. The van der Waals surface area contributed by atoms with E-state index >= 15 is 0 Å². The van der Waals surface area contributed by atoms with Gasteiger partial charge in [0.15, 0.2) is 0 Å². The third-order valence-electron chi connectivity index (χ3n) is 2.44. The van der Waals surface area contributed by atoms with Gasteiger partial charge in [0.25, 0.3) is 0 Å². The molecule has 0 heterocycles. The highest BCUT2D eigenvalue weighted by Gasteiger charge is 2.04. The first-order valence-electron chi connectivity index (χ1n) is 6.49. The minimum atomic E-state index is 0.405. The van der Waals surface area contributed by atoms with Gasteiger partial charge in [0.1, 0.15) is 0 Å². The fraction of sp³-hybridized carbons (Fsp3) is 1.00. The molecule has 1 atom stereocenters. The van der Waals surface area contributed by atoms with E-state index in [0.29, 0.717) is 6.10 Å². The Morgan fingerprint density at radius 2 is 1.80 bits per heavy atom. The minimum Gasteiger partial charge on any atom is -0.377 e. The van der Waals surface area contributed by atoms with E-state index in [2.05, 4.69) is 33.0 Å². The van der Waals surface area contributed by atoms with E-state index in [-0.39, 0.29) is 0 Å². The molecule has 1 unspecified atom stereocenters. The van der Waals surface area contributed by atoms with Crippen molar-refractivity contribution in [3.63, 3.8) is 0 Å². The molecule has 0 aromatic heterocycles. The number of ether oxygens (including phenoxy) is 1. The zero-order chi connectivity index (χ0) is 11.5. The lowest BCUT2D eigenvalue weighted by Crippen LogP contribution is -2.23. The van der Waals surface area contributed by atoms with Gasteiger partial charge in [0, 0.05) is 6.54 Å². The first-order chi connectivity index (χ1) is 7.16. The lowest BCUT2D eigenvalue weighted by Gasteiger charge is -2.15. The molecule has 15 heavy (non-hydrogen) atoms. The normalized spacial score (nSPS) is 13.4. The van der Waals surface area contributed by atoms with Crippen molar-refractivity contribution < 1.29 is 4.74 Å². The SMILES string of the molecule is CCCCCNCCOC(C)CC(C)C. The van der Waals surface area contributed by atoms with E-state index in [1.807, 2.05) is 0 Å². The van der Waals surface area contributed by atoms with Crippen LogP contribution in [0.15, 0.2) is 0 Å². The summed E-state index contributed by atoms with van der Waals surface area (Å²) in [6.45, 7) is 11.8. The van der Waals surface area contributed by atoms with Crippen LogP contribution >= 0.6 is 0 Å². The molecule has 0 aliphatic rings. The summed E-state index contributed by atoms with van der Waals surface area (Å²) >= 11 is 0. The fourth-order valence-electron chi connectivity index (χ4n) is 1.69. The predicted octanol–water partition coefficient (Wildman–Crippen LogP) is 3.22. The van der Waals surface area contributed by atoms with Crippen LogP contribution in [-0.2, 0) is 4.74 Å². The Balaban J connectivity index is 3.09. The summed E-state index contributed by atoms with van der Waals surface area (Å²) < 4.78 is 5.70. The Hall–Kier alpha value is -0.0800. The van der Waals surface area contributed by atoms with Gasteiger partial charge in [-0.2, -0.15) is 0 Å². The van der Waals surface area contributed by atoms with Crippen molar-refractivity contribution in [3.05, 3.63) is 0 Å². The highest BCUT2D eigenvalue weighted by atomic mass is 16.5. The Morgan fingerprint density at radius 1 is 1.07 bits per heavy atom. The lowest BCUT2D eigenvalue weighted by atomic mass is 10.1. The lowest BCUT2D eigenvalue weighted by molar-refractivity contribution is 0.0540. The van der Waals surface area contributed by atoms with Gasteiger partial charge < -0.3 is 10.1 Å². The van der Waals surface area contributed by atoms with Gasteiger partial charge in [-0.3, -0.25) is 0 Å². The van der Waals surface area contributed by atoms with E-state index in [1.54, 1.807) is 0 Å². The largest absolute Gasteiger partial charge is 0.377 e. The number of rotatable bonds is 10. The molecule has 0 aromatic carbocycles. The predicted molar refractivity (Wildman–Crippen MR) is 67.3 cm³/mol. The Bertz CT molecular complexity index is 126. The van der Waals surface area contributed by atoms with Crippen LogP contribution < -0.4 is 5.32 Å². The van der Waals surface area contributed by atoms with E-state index < -0.39 is 0 Å². The zero-order valence-electron chi connectivity index (χ0n) is 11.0. The molecule has 0 aliphatic heterocycles. The van der Waals surface area contributed by atoms with Crippen molar-refractivity contribution in [1.29, 1.82) is 0 Å². The minimum absolute atomic E-state index is 0.405. The van der Waals surface area contributed by atoms with Crippen molar-refractivity contribution in [2.45, 2.75) is 59.5 Å². The maximum Gasteiger partial charge on any atom is 0.0594 e. The molecule has 0 radical (unpaired) electrons. The van der Waals surface area contributed by atoms with Crippen LogP contribution in [0.3, 0.4) is 0 Å².